The molecule has 24 heavy (non-hydrogen) atoms. The molecule has 1 atom stereocenters. The molecule has 1 aromatic rings. The normalized spacial score (nSPS) is 17.2. The summed E-state index contributed by atoms with van der Waals surface area (Å²) in [5, 5.41) is 6.06. The monoisotopic (exact) mass is 351 g/mol. The fourth-order valence-corrected chi connectivity index (χ4v) is 2.74. The molecule has 0 saturated carbocycles. The van der Waals surface area contributed by atoms with Gasteiger partial charge in [-0.15, -0.1) is 0 Å². The van der Waals surface area contributed by atoms with Crippen LogP contribution in [-0.2, 0) is 9.59 Å². The summed E-state index contributed by atoms with van der Waals surface area (Å²) in [5.74, 6) is -0.664. The Balaban J connectivity index is 1.71. The van der Waals surface area contributed by atoms with Gasteiger partial charge < -0.3 is 15.5 Å². The minimum atomic E-state index is -0.313. The number of nitrogens with zero attached hydrogens (tertiary/aromatic N) is 1. The van der Waals surface area contributed by atoms with E-state index >= 15 is 0 Å². The van der Waals surface area contributed by atoms with Gasteiger partial charge in [0.15, 0.2) is 0 Å². The predicted molar refractivity (Wildman–Crippen MR) is 91.8 cm³/mol. The summed E-state index contributed by atoms with van der Waals surface area (Å²) < 4.78 is 0. The first kappa shape index (κ1) is 18.3. The van der Waals surface area contributed by atoms with Crippen LogP contribution in [-0.4, -0.2) is 48.3 Å². The summed E-state index contributed by atoms with van der Waals surface area (Å²) in [6.45, 7) is 4.97. The highest BCUT2D eigenvalue weighted by Crippen LogP contribution is 2.20. The van der Waals surface area contributed by atoms with Gasteiger partial charge in [0.2, 0.25) is 11.8 Å². The van der Waals surface area contributed by atoms with Crippen LogP contribution in [0.25, 0.3) is 0 Å². The summed E-state index contributed by atoms with van der Waals surface area (Å²) >= 11 is 5.77. The van der Waals surface area contributed by atoms with E-state index in [-0.39, 0.29) is 36.1 Å². The molecule has 1 aliphatic rings. The van der Waals surface area contributed by atoms with Crippen molar-refractivity contribution in [1.29, 1.82) is 0 Å². The number of carbonyl (C=O) groups is 3. The molecular formula is C17H22ClN3O3. The van der Waals surface area contributed by atoms with E-state index in [9.17, 15) is 14.4 Å². The second kappa shape index (κ2) is 8.15. The van der Waals surface area contributed by atoms with Crippen LogP contribution in [0.3, 0.4) is 0 Å². The molecule has 1 aliphatic heterocycles. The molecule has 130 valence electrons. The van der Waals surface area contributed by atoms with Crippen molar-refractivity contribution < 1.29 is 14.4 Å². The van der Waals surface area contributed by atoms with Crippen LogP contribution >= 0.6 is 11.6 Å². The molecule has 6 nitrogen and oxygen atoms in total. The quantitative estimate of drug-likeness (QED) is 0.761. The Kier molecular flexibility index (Phi) is 6.20. The van der Waals surface area contributed by atoms with Crippen LogP contribution in [0.4, 0.5) is 0 Å². The van der Waals surface area contributed by atoms with Crippen LogP contribution in [0, 0.1) is 5.92 Å². The van der Waals surface area contributed by atoms with Crippen LogP contribution in [0.1, 0.15) is 30.6 Å². The van der Waals surface area contributed by atoms with Crippen molar-refractivity contribution in [3.8, 4) is 0 Å². The van der Waals surface area contributed by atoms with Crippen molar-refractivity contribution in [3.63, 3.8) is 0 Å². The molecule has 2 rings (SSSR count). The highest BCUT2D eigenvalue weighted by atomic mass is 35.5. The van der Waals surface area contributed by atoms with Gasteiger partial charge in [-0.2, -0.15) is 0 Å². The lowest BCUT2D eigenvalue weighted by Crippen LogP contribution is -2.39. The molecule has 1 fully saturated rings. The van der Waals surface area contributed by atoms with Gasteiger partial charge in [-0.1, -0.05) is 11.6 Å². The Labute approximate surface area is 146 Å². The molecule has 1 heterocycles. The van der Waals surface area contributed by atoms with E-state index < -0.39 is 0 Å². The Bertz CT molecular complexity index is 616. The molecule has 0 bridgehead atoms. The molecule has 0 aliphatic carbocycles. The molecule has 1 unspecified atom stereocenters. The smallest absolute Gasteiger partial charge is 0.251 e. The maximum absolute atomic E-state index is 12.1. The second-order valence-electron chi connectivity index (χ2n) is 6.09. The summed E-state index contributed by atoms with van der Waals surface area (Å²) in [6, 6.07) is 6.68. The summed E-state index contributed by atoms with van der Waals surface area (Å²) in [7, 11) is 0. The zero-order valence-electron chi connectivity index (χ0n) is 13.8. The number of hydrogen-bond acceptors (Lipinski definition) is 3. The van der Waals surface area contributed by atoms with E-state index in [0.29, 0.717) is 30.2 Å². The van der Waals surface area contributed by atoms with Crippen molar-refractivity contribution >= 4 is 29.3 Å². The zero-order valence-corrected chi connectivity index (χ0v) is 14.6. The highest BCUT2D eigenvalue weighted by Gasteiger charge is 2.35. The number of rotatable bonds is 6. The number of halogens is 1. The average molecular weight is 352 g/mol. The third-order valence-electron chi connectivity index (χ3n) is 3.97. The third kappa shape index (κ3) is 4.71. The number of hydrogen-bond donors (Lipinski definition) is 2. The van der Waals surface area contributed by atoms with Crippen molar-refractivity contribution in [3.05, 3.63) is 34.9 Å². The molecule has 1 aromatic carbocycles. The number of benzene rings is 1. The highest BCUT2D eigenvalue weighted by molar-refractivity contribution is 6.30. The van der Waals surface area contributed by atoms with Gasteiger partial charge in [-0.25, -0.2) is 0 Å². The van der Waals surface area contributed by atoms with E-state index in [1.807, 2.05) is 13.8 Å². The topological polar surface area (TPSA) is 78.5 Å². The zero-order chi connectivity index (χ0) is 17.7. The molecule has 3 amide bonds. The van der Waals surface area contributed by atoms with E-state index in [2.05, 4.69) is 10.6 Å². The third-order valence-corrected chi connectivity index (χ3v) is 4.22. The molecule has 7 heteroatoms. The maximum Gasteiger partial charge on any atom is 0.251 e. The average Bonchev–Trinajstić information content (AvgIpc) is 2.94. The first-order chi connectivity index (χ1) is 11.4. The van der Waals surface area contributed by atoms with Crippen LogP contribution in [0.15, 0.2) is 24.3 Å². The number of likely N-dealkylation sites (tertiary alicyclic amines) is 1. The number of amides is 3. The van der Waals surface area contributed by atoms with E-state index in [1.54, 1.807) is 29.2 Å². The Morgan fingerprint density at radius 1 is 1.21 bits per heavy atom. The Hall–Kier alpha value is -2.08. The number of carbonyl (C=O) groups excluding carboxylic acids is 3. The maximum atomic E-state index is 12.1. The van der Waals surface area contributed by atoms with Crippen LogP contribution in [0.5, 0.6) is 0 Å². The van der Waals surface area contributed by atoms with Crippen molar-refractivity contribution in [2.75, 3.05) is 19.6 Å². The Morgan fingerprint density at radius 3 is 2.42 bits per heavy atom. The van der Waals surface area contributed by atoms with Crippen molar-refractivity contribution in [2.24, 2.45) is 5.92 Å². The molecule has 0 aromatic heterocycles. The SMILES string of the molecule is CC(C)N1CC(C(=O)NCCNC(=O)c2ccc(Cl)cc2)CC1=O. The molecule has 1 saturated heterocycles. The molecular weight excluding hydrogens is 330 g/mol. The fourth-order valence-electron chi connectivity index (χ4n) is 2.62. The van der Waals surface area contributed by atoms with Crippen molar-refractivity contribution in [2.45, 2.75) is 26.3 Å². The molecule has 0 radical (unpaired) electrons. The number of nitrogens with one attached hydrogen (secondary N) is 2. The first-order valence-corrected chi connectivity index (χ1v) is 8.37. The first-order valence-electron chi connectivity index (χ1n) is 7.99. The second-order valence-corrected chi connectivity index (χ2v) is 6.53. The van der Waals surface area contributed by atoms with Gasteiger partial charge >= 0.3 is 0 Å². The van der Waals surface area contributed by atoms with Crippen LogP contribution in [0.2, 0.25) is 5.02 Å². The summed E-state index contributed by atoms with van der Waals surface area (Å²) in [5.41, 5.74) is 0.514. The van der Waals surface area contributed by atoms with E-state index in [4.69, 9.17) is 11.6 Å². The van der Waals surface area contributed by atoms with E-state index in [0.717, 1.165) is 0 Å². The standard InChI is InChI=1S/C17H22ClN3O3/c1-11(2)21-10-13(9-15(21)22)17(24)20-8-7-19-16(23)12-3-5-14(18)6-4-12/h3-6,11,13H,7-10H2,1-2H3,(H,19,23)(H,20,24). The summed E-state index contributed by atoms with van der Waals surface area (Å²) in [6.07, 6.45) is 0.251. The van der Waals surface area contributed by atoms with E-state index in [1.165, 1.54) is 0 Å². The van der Waals surface area contributed by atoms with Gasteiger partial charge in [0.1, 0.15) is 0 Å². The van der Waals surface area contributed by atoms with Crippen LogP contribution < -0.4 is 10.6 Å². The van der Waals surface area contributed by atoms with Gasteiger partial charge in [0.25, 0.3) is 5.91 Å². The minimum Gasteiger partial charge on any atom is -0.354 e. The lowest BCUT2D eigenvalue weighted by atomic mass is 10.1. The van der Waals surface area contributed by atoms with Gasteiger partial charge in [0.05, 0.1) is 5.92 Å². The summed E-state index contributed by atoms with van der Waals surface area (Å²) in [4.78, 5) is 37.5. The Morgan fingerprint density at radius 2 is 1.83 bits per heavy atom. The lowest BCUT2D eigenvalue weighted by Gasteiger charge is -2.20. The van der Waals surface area contributed by atoms with Gasteiger partial charge in [-0.05, 0) is 38.1 Å². The van der Waals surface area contributed by atoms with Gasteiger partial charge in [0, 0.05) is 42.7 Å². The predicted octanol–water partition coefficient (Wildman–Crippen LogP) is 1.44. The minimum absolute atomic E-state index is 0.0150. The lowest BCUT2D eigenvalue weighted by molar-refractivity contribution is -0.129. The van der Waals surface area contributed by atoms with Gasteiger partial charge in [-0.3, -0.25) is 14.4 Å². The molecule has 0 spiro atoms. The molecule has 2 N–H and O–H groups in total. The largest absolute Gasteiger partial charge is 0.354 e. The van der Waals surface area contributed by atoms with Crippen molar-refractivity contribution in [1.82, 2.24) is 15.5 Å². The fraction of sp³-hybridized carbons (Fsp3) is 0.471.